The number of carbonyl (C=O) groups is 1. The fraction of sp³-hybridized carbons (Fsp3) is 0.833. The molecule has 0 rings (SSSR count). The van der Waals surface area contributed by atoms with Crippen molar-refractivity contribution in [2.24, 2.45) is 0 Å². The Morgan fingerprint density at radius 2 is 2.22 bits per heavy atom. The van der Waals surface area contributed by atoms with Crippen LogP contribution in [0, 0.1) is 0 Å². The van der Waals surface area contributed by atoms with Gasteiger partial charge in [-0.3, -0.25) is 0 Å². The molecule has 0 saturated carbocycles. The molecule has 54 valence electrons. The number of hydrogen-bond donors (Lipinski definition) is 1. The van der Waals surface area contributed by atoms with Gasteiger partial charge < -0.3 is 10.0 Å². The first kappa shape index (κ1) is 8.27. The molecule has 0 aromatic heterocycles. The number of amides is 1. The summed E-state index contributed by atoms with van der Waals surface area (Å²) in [4.78, 5) is 11.5. The summed E-state index contributed by atoms with van der Waals surface area (Å²) in [5, 5.41) is 8.41. The SMILES string of the molecule is CCC(C)N(C)C(=O)O. The topological polar surface area (TPSA) is 40.5 Å². The number of hydrogen-bond acceptors (Lipinski definition) is 1. The summed E-state index contributed by atoms with van der Waals surface area (Å²) in [6.45, 7) is 3.85. The Labute approximate surface area is 55.3 Å². The molecule has 1 unspecified atom stereocenters. The van der Waals surface area contributed by atoms with Crippen LogP contribution in [0.15, 0.2) is 0 Å². The smallest absolute Gasteiger partial charge is 0.407 e. The molecular formula is C6H13NO2. The second-order valence-corrected chi connectivity index (χ2v) is 2.15. The van der Waals surface area contributed by atoms with Crippen molar-refractivity contribution < 1.29 is 9.90 Å². The Balaban J connectivity index is 3.72. The molecular weight excluding hydrogens is 118 g/mol. The van der Waals surface area contributed by atoms with Crippen LogP contribution >= 0.6 is 0 Å². The highest BCUT2D eigenvalue weighted by Crippen LogP contribution is 1.98. The molecule has 0 bridgehead atoms. The van der Waals surface area contributed by atoms with Gasteiger partial charge in [-0.05, 0) is 13.3 Å². The van der Waals surface area contributed by atoms with Gasteiger partial charge in [-0.25, -0.2) is 4.79 Å². The molecule has 0 aromatic carbocycles. The average Bonchev–Trinajstić information content (AvgIpc) is 1.84. The van der Waals surface area contributed by atoms with Crippen molar-refractivity contribution in [1.29, 1.82) is 0 Å². The monoisotopic (exact) mass is 131 g/mol. The van der Waals surface area contributed by atoms with Gasteiger partial charge in [0, 0.05) is 13.1 Å². The Hall–Kier alpha value is -0.730. The Bertz CT molecular complexity index is 103. The van der Waals surface area contributed by atoms with E-state index in [1.54, 1.807) is 7.05 Å². The molecule has 0 aliphatic rings. The molecule has 0 aliphatic carbocycles. The van der Waals surface area contributed by atoms with Crippen molar-refractivity contribution in [1.82, 2.24) is 4.90 Å². The predicted octanol–water partition coefficient (Wildman–Crippen LogP) is 1.39. The van der Waals surface area contributed by atoms with Crippen LogP contribution in [-0.2, 0) is 0 Å². The zero-order valence-corrected chi connectivity index (χ0v) is 6.09. The van der Waals surface area contributed by atoms with Gasteiger partial charge in [0.2, 0.25) is 0 Å². The lowest BCUT2D eigenvalue weighted by molar-refractivity contribution is 0.141. The van der Waals surface area contributed by atoms with Crippen LogP contribution in [0.5, 0.6) is 0 Å². The highest BCUT2D eigenvalue weighted by atomic mass is 16.4. The van der Waals surface area contributed by atoms with Crippen LogP contribution in [0.2, 0.25) is 0 Å². The molecule has 9 heavy (non-hydrogen) atoms. The maximum Gasteiger partial charge on any atom is 0.407 e. The van der Waals surface area contributed by atoms with Gasteiger partial charge in [0.15, 0.2) is 0 Å². The molecule has 3 heteroatoms. The predicted molar refractivity (Wildman–Crippen MR) is 35.5 cm³/mol. The van der Waals surface area contributed by atoms with Gasteiger partial charge >= 0.3 is 6.09 Å². The van der Waals surface area contributed by atoms with Gasteiger partial charge in [0.25, 0.3) is 0 Å². The highest BCUT2D eigenvalue weighted by Gasteiger charge is 2.10. The summed E-state index contributed by atoms with van der Waals surface area (Å²) >= 11 is 0. The third kappa shape index (κ3) is 2.35. The van der Waals surface area contributed by atoms with E-state index in [4.69, 9.17) is 5.11 Å². The van der Waals surface area contributed by atoms with Crippen LogP contribution in [0.1, 0.15) is 20.3 Å². The lowest BCUT2D eigenvalue weighted by Crippen LogP contribution is -2.33. The molecule has 1 atom stereocenters. The summed E-state index contributed by atoms with van der Waals surface area (Å²) in [7, 11) is 1.58. The lowest BCUT2D eigenvalue weighted by Gasteiger charge is -2.19. The van der Waals surface area contributed by atoms with E-state index in [9.17, 15) is 4.79 Å². The van der Waals surface area contributed by atoms with E-state index in [2.05, 4.69) is 0 Å². The second kappa shape index (κ2) is 3.33. The normalized spacial score (nSPS) is 12.8. The minimum absolute atomic E-state index is 0.127. The van der Waals surface area contributed by atoms with Crippen LogP contribution in [0.3, 0.4) is 0 Å². The van der Waals surface area contributed by atoms with Gasteiger partial charge in [0.05, 0.1) is 0 Å². The summed E-state index contributed by atoms with van der Waals surface area (Å²) in [5.74, 6) is 0. The van der Waals surface area contributed by atoms with E-state index in [0.717, 1.165) is 6.42 Å². The second-order valence-electron chi connectivity index (χ2n) is 2.15. The van der Waals surface area contributed by atoms with Crippen LogP contribution in [0.4, 0.5) is 4.79 Å². The minimum atomic E-state index is -0.857. The van der Waals surface area contributed by atoms with Crippen LogP contribution < -0.4 is 0 Å². The molecule has 0 aromatic rings. The van der Waals surface area contributed by atoms with Crippen molar-refractivity contribution in [2.75, 3.05) is 7.05 Å². The minimum Gasteiger partial charge on any atom is -0.465 e. The average molecular weight is 131 g/mol. The van der Waals surface area contributed by atoms with E-state index in [1.807, 2.05) is 13.8 Å². The molecule has 1 N–H and O–H groups in total. The van der Waals surface area contributed by atoms with E-state index < -0.39 is 6.09 Å². The Morgan fingerprint density at radius 1 is 1.78 bits per heavy atom. The molecule has 1 amide bonds. The molecule has 0 saturated heterocycles. The third-order valence-electron chi connectivity index (χ3n) is 1.55. The Kier molecular flexibility index (Phi) is 3.06. The van der Waals surface area contributed by atoms with E-state index in [1.165, 1.54) is 4.90 Å². The molecule has 0 radical (unpaired) electrons. The first-order valence-corrected chi connectivity index (χ1v) is 3.05. The molecule has 3 nitrogen and oxygen atoms in total. The molecule has 0 fully saturated rings. The number of nitrogens with zero attached hydrogens (tertiary/aromatic N) is 1. The third-order valence-corrected chi connectivity index (χ3v) is 1.55. The quantitative estimate of drug-likeness (QED) is 0.615. The maximum atomic E-state index is 10.2. The summed E-state index contributed by atoms with van der Waals surface area (Å²) in [6.07, 6.45) is 0.00681. The van der Waals surface area contributed by atoms with E-state index >= 15 is 0 Å². The fourth-order valence-electron chi connectivity index (χ4n) is 0.462. The van der Waals surface area contributed by atoms with Crippen LogP contribution in [0.25, 0.3) is 0 Å². The highest BCUT2D eigenvalue weighted by molar-refractivity contribution is 5.64. The summed E-state index contributed by atoms with van der Waals surface area (Å²) in [6, 6.07) is 0.127. The lowest BCUT2D eigenvalue weighted by atomic mass is 10.2. The first-order valence-electron chi connectivity index (χ1n) is 3.05. The van der Waals surface area contributed by atoms with Gasteiger partial charge in [-0.15, -0.1) is 0 Å². The zero-order valence-electron chi connectivity index (χ0n) is 6.09. The first-order chi connectivity index (χ1) is 4.09. The Morgan fingerprint density at radius 3 is 2.33 bits per heavy atom. The van der Waals surface area contributed by atoms with Gasteiger partial charge in [-0.1, -0.05) is 6.92 Å². The molecule has 0 spiro atoms. The standard InChI is InChI=1S/C6H13NO2/c1-4-5(2)7(3)6(8)9/h5H,4H2,1-3H3,(H,8,9). The summed E-state index contributed by atoms with van der Waals surface area (Å²) in [5.41, 5.74) is 0. The maximum absolute atomic E-state index is 10.2. The van der Waals surface area contributed by atoms with Crippen molar-refractivity contribution in [3.63, 3.8) is 0 Å². The van der Waals surface area contributed by atoms with Crippen molar-refractivity contribution in [3.05, 3.63) is 0 Å². The van der Waals surface area contributed by atoms with E-state index in [-0.39, 0.29) is 6.04 Å². The number of rotatable bonds is 2. The fourth-order valence-corrected chi connectivity index (χ4v) is 0.462. The summed E-state index contributed by atoms with van der Waals surface area (Å²) < 4.78 is 0. The van der Waals surface area contributed by atoms with Crippen molar-refractivity contribution >= 4 is 6.09 Å². The zero-order chi connectivity index (χ0) is 7.44. The number of carboxylic acid groups (broad SMARTS) is 1. The van der Waals surface area contributed by atoms with Gasteiger partial charge in [-0.2, -0.15) is 0 Å². The van der Waals surface area contributed by atoms with Crippen molar-refractivity contribution in [3.8, 4) is 0 Å². The van der Waals surface area contributed by atoms with Crippen LogP contribution in [-0.4, -0.2) is 29.2 Å². The largest absolute Gasteiger partial charge is 0.465 e. The van der Waals surface area contributed by atoms with Crippen molar-refractivity contribution in [2.45, 2.75) is 26.3 Å². The molecule has 0 aliphatic heterocycles. The van der Waals surface area contributed by atoms with E-state index in [0.29, 0.717) is 0 Å². The molecule has 0 heterocycles. The van der Waals surface area contributed by atoms with Gasteiger partial charge in [0.1, 0.15) is 0 Å².